The number of benzene rings is 1. The summed E-state index contributed by atoms with van der Waals surface area (Å²) >= 11 is 0. The Morgan fingerprint density at radius 2 is 1.78 bits per heavy atom. The Bertz CT molecular complexity index is 1010. The maximum Gasteiger partial charge on any atom is 0.305 e. The molecule has 0 fully saturated rings. The van der Waals surface area contributed by atoms with Crippen molar-refractivity contribution in [3.05, 3.63) is 82.2 Å². The van der Waals surface area contributed by atoms with Crippen LogP contribution in [0.3, 0.4) is 0 Å². The molecular weight excluding hydrogens is 352 g/mol. The number of para-hydroxylation sites is 1. The molecule has 3 aromatic rings. The van der Waals surface area contributed by atoms with Gasteiger partial charge in [0, 0.05) is 13.1 Å². The summed E-state index contributed by atoms with van der Waals surface area (Å²) < 4.78 is 11.9. The van der Waals surface area contributed by atoms with Crippen molar-refractivity contribution >= 4 is 11.8 Å². The molecule has 1 aromatic carbocycles. The molecule has 0 spiro atoms. The number of amides is 2. The largest absolute Gasteiger partial charge is 0.486 e. The van der Waals surface area contributed by atoms with Crippen LogP contribution >= 0.6 is 0 Å². The van der Waals surface area contributed by atoms with Crippen LogP contribution in [0, 0.1) is 0 Å². The van der Waals surface area contributed by atoms with E-state index in [0.717, 1.165) is 4.68 Å². The lowest BCUT2D eigenvalue weighted by Gasteiger charge is -2.06. The fourth-order valence-electron chi connectivity index (χ4n) is 2.11. The van der Waals surface area contributed by atoms with Gasteiger partial charge in [0.05, 0.1) is 0 Å². The van der Waals surface area contributed by atoms with Crippen LogP contribution in [0.4, 0.5) is 0 Å². The number of carbonyl (C=O) groups excluding carboxylic acids is 2. The van der Waals surface area contributed by atoms with Crippen molar-refractivity contribution in [2.45, 2.75) is 6.61 Å². The maximum atomic E-state index is 12.1. The van der Waals surface area contributed by atoms with Gasteiger partial charge >= 0.3 is 5.91 Å². The molecule has 0 atom stereocenters. The molecule has 2 aromatic heterocycles. The number of hydrogen-bond acceptors (Lipinski definition) is 6. The van der Waals surface area contributed by atoms with Crippen molar-refractivity contribution in [1.82, 2.24) is 20.6 Å². The number of rotatable bonds is 5. The molecule has 3 rings (SSSR count). The highest BCUT2D eigenvalue weighted by molar-refractivity contribution is 5.96. The van der Waals surface area contributed by atoms with Gasteiger partial charge in [0.25, 0.3) is 11.5 Å². The third-order valence-electron chi connectivity index (χ3n) is 3.49. The van der Waals surface area contributed by atoms with Crippen molar-refractivity contribution in [1.29, 1.82) is 0 Å². The van der Waals surface area contributed by atoms with Crippen molar-refractivity contribution < 1.29 is 18.7 Å². The highest BCUT2D eigenvalue weighted by Gasteiger charge is 2.14. The number of nitrogens with zero attached hydrogens (tertiary/aromatic N) is 2. The standard InChI is InChI=1S/C18H16N4O5/c1-22-16(23)10-8-14(21-22)17(24)19-20-18(25)15-9-7-13(27-15)11-26-12-5-3-2-4-6-12/h2-10H,11H2,1H3,(H,19,24)(H,20,25). The minimum absolute atomic E-state index is 0.00961. The molecule has 0 aliphatic heterocycles. The van der Waals surface area contributed by atoms with Crippen molar-refractivity contribution in [2.75, 3.05) is 0 Å². The molecule has 0 radical (unpaired) electrons. The van der Waals surface area contributed by atoms with E-state index in [1.54, 1.807) is 18.2 Å². The summed E-state index contributed by atoms with van der Waals surface area (Å²) in [5, 5.41) is 3.78. The van der Waals surface area contributed by atoms with Crippen LogP contribution in [-0.4, -0.2) is 21.6 Å². The second-order valence-electron chi connectivity index (χ2n) is 5.46. The molecule has 2 heterocycles. The Balaban J connectivity index is 1.53. The van der Waals surface area contributed by atoms with Gasteiger partial charge in [0.2, 0.25) is 0 Å². The minimum Gasteiger partial charge on any atom is -0.486 e. The van der Waals surface area contributed by atoms with Crippen molar-refractivity contribution in [3.8, 4) is 5.75 Å². The number of aromatic nitrogens is 2. The summed E-state index contributed by atoms with van der Waals surface area (Å²) in [6.07, 6.45) is 0. The zero-order valence-corrected chi connectivity index (χ0v) is 14.3. The Kier molecular flexibility index (Phi) is 5.31. The van der Waals surface area contributed by atoms with E-state index < -0.39 is 11.8 Å². The Hall–Kier alpha value is -3.88. The first kappa shape index (κ1) is 17.9. The predicted molar refractivity (Wildman–Crippen MR) is 93.9 cm³/mol. The van der Waals surface area contributed by atoms with Gasteiger partial charge in [0.1, 0.15) is 18.1 Å². The Labute approximate surface area is 153 Å². The quantitative estimate of drug-likeness (QED) is 0.650. The highest BCUT2D eigenvalue weighted by atomic mass is 16.5. The molecule has 0 saturated heterocycles. The molecule has 0 unspecified atom stereocenters. The molecule has 0 saturated carbocycles. The van der Waals surface area contributed by atoms with Crippen LogP contribution in [0.15, 0.2) is 63.8 Å². The van der Waals surface area contributed by atoms with E-state index in [-0.39, 0.29) is 23.6 Å². The monoisotopic (exact) mass is 368 g/mol. The highest BCUT2D eigenvalue weighted by Crippen LogP contribution is 2.13. The van der Waals surface area contributed by atoms with Crippen molar-refractivity contribution in [2.24, 2.45) is 7.05 Å². The molecule has 9 heteroatoms. The third kappa shape index (κ3) is 4.60. The second kappa shape index (κ2) is 8.00. The van der Waals surface area contributed by atoms with Crippen LogP contribution < -0.4 is 21.1 Å². The lowest BCUT2D eigenvalue weighted by Crippen LogP contribution is -2.42. The van der Waals surface area contributed by atoms with Gasteiger partial charge in [-0.2, -0.15) is 5.10 Å². The third-order valence-corrected chi connectivity index (χ3v) is 3.49. The zero-order valence-electron chi connectivity index (χ0n) is 14.3. The molecule has 2 amide bonds. The normalized spacial score (nSPS) is 10.3. The first-order chi connectivity index (χ1) is 13.0. The maximum absolute atomic E-state index is 12.1. The van der Waals surface area contributed by atoms with E-state index in [1.807, 2.05) is 18.2 Å². The van der Waals surface area contributed by atoms with Gasteiger partial charge in [-0.25, -0.2) is 4.68 Å². The van der Waals surface area contributed by atoms with E-state index in [1.165, 1.54) is 25.2 Å². The second-order valence-corrected chi connectivity index (χ2v) is 5.46. The number of furan rings is 1. The van der Waals surface area contributed by atoms with Crippen LogP contribution in [0.1, 0.15) is 26.8 Å². The van der Waals surface area contributed by atoms with Crippen LogP contribution in [0.5, 0.6) is 5.75 Å². The number of ether oxygens (including phenoxy) is 1. The van der Waals surface area contributed by atoms with Gasteiger partial charge in [-0.3, -0.25) is 25.2 Å². The average molecular weight is 368 g/mol. The average Bonchev–Trinajstić information content (AvgIpc) is 3.16. The molecule has 2 N–H and O–H groups in total. The first-order valence-corrected chi connectivity index (χ1v) is 7.94. The number of hydrazine groups is 1. The lowest BCUT2D eigenvalue weighted by atomic mass is 10.3. The zero-order chi connectivity index (χ0) is 19.2. The SMILES string of the molecule is Cn1nc(C(=O)NNC(=O)c2ccc(COc3ccccc3)o2)ccc1=O. The van der Waals surface area contributed by atoms with Gasteiger partial charge in [-0.05, 0) is 30.3 Å². The number of hydrogen-bond donors (Lipinski definition) is 2. The summed E-state index contributed by atoms with van der Waals surface area (Å²) in [4.78, 5) is 35.3. The van der Waals surface area contributed by atoms with Crippen LogP contribution in [0.2, 0.25) is 0 Å². The number of nitrogens with one attached hydrogen (secondary N) is 2. The Morgan fingerprint density at radius 1 is 1.04 bits per heavy atom. The Morgan fingerprint density at radius 3 is 2.52 bits per heavy atom. The van der Waals surface area contributed by atoms with Gasteiger partial charge in [-0.15, -0.1) is 0 Å². The summed E-state index contributed by atoms with van der Waals surface area (Å²) in [6.45, 7) is 0.158. The van der Waals surface area contributed by atoms with Crippen molar-refractivity contribution in [3.63, 3.8) is 0 Å². The van der Waals surface area contributed by atoms with E-state index in [2.05, 4.69) is 16.0 Å². The fourth-order valence-corrected chi connectivity index (χ4v) is 2.11. The fraction of sp³-hybridized carbons (Fsp3) is 0.111. The van der Waals surface area contributed by atoms with Gasteiger partial charge in [0.15, 0.2) is 11.5 Å². The van der Waals surface area contributed by atoms with E-state index in [0.29, 0.717) is 11.5 Å². The summed E-state index contributed by atoms with van der Waals surface area (Å²) in [7, 11) is 1.42. The van der Waals surface area contributed by atoms with E-state index >= 15 is 0 Å². The molecule has 9 nitrogen and oxygen atoms in total. The molecule has 0 bridgehead atoms. The van der Waals surface area contributed by atoms with E-state index in [4.69, 9.17) is 9.15 Å². The summed E-state index contributed by atoms with van der Waals surface area (Å²) in [5.74, 6) is -0.167. The predicted octanol–water partition coefficient (Wildman–Crippen LogP) is 1.03. The summed E-state index contributed by atoms with van der Waals surface area (Å²) in [6, 6.07) is 14.7. The lowest BCUT2D eigenvalue weighted by molar-refractivity contribution is 0.0825. The first-order valence-electron chi connectivity index (χ1n) is 7.94. The van der Waals surface area contributed by atoms with Crippen LogP contribution in [-0.2, 0) is 13.7 Å². The molecule has 138 valence electrons. The van der Waals surface area contributed by atoms with Gasteiger partial charge in [-0.1, -0.05) is 18.2 Å². The topological polar surface area (TPSA) is 115 Å². The number of carbonyl (C=O) groups is 2. The molecule has 27 heavy (non-hydrogen) atoms. The van der Waals surface area contributed by atoms with Gasteiger partial charge < -0.3 is 9.15 Å². The smallest absolute Gasteiger partial charge is 0.305 e. The molecule has 0 aliphatic rings. The molecular formula is C18H16N4O5. The van der Waals surface area contributed by atoms with Crippen LogP contribution in [0.25, 0.3) is 0 Å². The number of aryl methyl sites for hydroxylation is 1. The van der Waals surface area contributed by atoms with E-state index in [9.17, 15) is 14.4 Å². The minimum atomic E-state index is -0.668. The molecule has 0 aliphatic carbocycles. The summed E-state index contributed by atoms with van der Waals surface area (Å²) in [5.41, 5.74) is 4.05.